The number of nitrogens with two attached hydrogens (primary N) is 1. The molecular formula is C13H13N5O2. The number of aromatic amines is 1. The van der Waals surface area contributed by atoms with Crippen LogP contribution in [0.4, 0.5) is 5.69 Å². The second kappa shape index (κ2) is 4.76. The average molecular weight is 271 g/mol. The second-order valence-corrected chi connectivity index (χ2v) is 4.71. The molecule has 102 valence electrons. The van der Waals surface area contributed by atoms with E-state index in [0.717, 1.165) is 18.7 Å². The van der Waals surface area contributed by atoms with Gasteiger partial charge in [-0.05, 0) is 37.1 Å². The van der Waals surface area contributed by atoms with Crippen LogP contribution in [-0.2, 0) is 0 Å². The lowest BCUT2D eigenvalue weighted by Crippen LogP contribution is -2.14. The molecule has 1 fully saturated rings. The summed E-state index contributed by atoms with van der Waals surface area (Å²) in [6.07, 6.45) is 2.18. The molecule has 0 atom stereocenters. The minimum absolute atomic E-state index is 0.117. The number of amides is 2. The first-order chi connectivity index (χ1) is 9.63. The summed E-state index contributed by atoms with van der Waals surface area (Å²) < 4.78 is 0. The fourth-order valence-electron chi connectivity index (χ4n) is 1.82. The fraction of sp³-hybridized carbons (Fsp3) is 0.231. The Balaban J connectivity index is 1.69. The molecule has 1 aliphatic carbocycles. The third kappa shape index (κ3) is 2.51. The molecule has 1 aromatic heterocycles. The lowest BCUT2D eigenvalue weighted by molar-refractivity contribution is 0.0997. The van der Waals surface area contributed by atoms with E-state index < -0.39 is 5.91 Å². The minimum Gasteiger partial charge on any atom is -0.366 e. The lowest BCUT2D eigenvalue weighted by atomic mass is 10.2. The van der Waals surface area contributed by atoms with Crippen LogP contribution < -0.4 is 11.1 Å². The van der Waals surface area contributed by atoms with Crippen molar-refractivity contribution in [2.24, 2.45) is 5.73 Å². The van der Waals surface area contributed by atoms with Crippen molar-refractivity contribution in [1.82, 2.24) is 15.2 Å². The van der Waals surface area contributed by atoms with E-state index in [1.54, 1.807) is 24.3 Å². The van der Waals surface area contributed by atoms with Gasteiger partial charge < -0.3 is 11.1 Å². The van der Waals surface area contributed by atoms with Gasteiger partial charge in [-0.3, -0.25) is 14.7 Å². The van der Waals surface area contributed by atoms with E-state index in [9.17, 15) is 9.59 Å². The van der Waals surface area contributed by atoms with Crippen molar-refractivity contribution in [2.75, 3.05) is 5.32 Å². The van der Waals surface area contributed by atoms with Gasteiger partial charge in [0.2, 0.25) is 11.7 Å². The number of hydrogen-bond donors (Lipinski definition) is 3. The first kappa shape index (κ1) is 12.3. The molecule has 20 heavy (non-hydrogen) atoms. The van der Waals surface area contributed by atoms with E-state index in [2.05, 4.69) is 20.5 Å². The predicted octanol–water partition coefficient (Wildman–Crippen LogP) is 1.03. The molecule has 0 radical (unpaired) electrons. The SMILES string of the molecule is NC(=O)c1ccc(NC(=O)c2n[nH]c(C3CC3)n2)cc1. The van der Waals surface area contributed by atoms with E-state index in [4.69, 9.17) is 5.73 Å². The van der Waals surface area contributed by atoms with Gasteiger partial charge in [-0.1, -0.05) is 0 Å². The van der Waals surface area contributed by atoms with Gasteiger partial charge in [0, 0.05) is 17.2 Å². The topological polar surface area (TPSA) is 114 Å². The number of H-pyrrole nitrogens is 1. The van der Waals surface area contributed by atoms with Crippen molar-refractivity contribution in [2.45, 2.75) is 18.8 Å². The van der Waals surface area contributed by atoms with E-state index >= 15 is 0 Å². The number of anilines is 1. The van der Waals surface area contributed by atoms with Crippen molar-refractivity contribution >= 4 is 17.5 Å². The van der Waals surface area contributed by atoms with Gasteiger partial charge in [-0.15, -0.1) is 5.10 Å². The zero-order chi connectivity index (χ0) is 14.1. The lowest BCUT2D eigenvalue weighted by Gasteiger charge is -2.02. The maximum absolute atomic E-state index is 11.9. The van der Waals surface area contributed by atoms with Gasteiger partial charge in [0.15, 0.2) is 0 Å². The molecule has 7 heteroatoms. The minimum atomic E-state index is -0.508. The van der Waals surface area contributed by atoms with Crippen LogP contribution in [0.5, 0.6) is 0 Å². The Hall–Kier alpha value is -2.70. The number of nitrogens with zero attached hydrogens (tertiary/aromatic N) is 2. The molecule has 4 N–H and O–H groups in total. The van der Waals surface area contributed by atoms with Crippen LogP contribution in [0.3, 0.4) is 0 Å². The quantitative estimate of drug-likeness (QED) is 0.770. The summed E-state index contributed by atoms with van der Waals surface area (Å²) in [4.78, 5) is 27.0. The number of rotatable bonds is 4. The maximum Gasteiger partial charge on any atom is 0.295 e. The fourth-order valence-corrected chi connectivity index (χ4v) is 1.82. The monoisotopic (exact) mass is 271 g/mol. The molecule has 0 aliphatic heterocycles. The molecule has 1 saturated carbocycles. The van der Waals surface area contributed by atoms with Crippen molar-refractivity contribution in [3.05, 3.63) is 41.5 Å². The highest BCUT2D eigenvalue weighted by atomic mass is 16.2. The van der Waals surface area contributed by atoms with Crippen molar-refractivity contribution < 1.29 is 9.59 Å². The van der Waals surface area contributed by atoms with Crippen LogP contribution in [0.2, 0.25) is 0 Å². The number of primary amides is 1. The Morgan fingerprint density at radius 2 is 1.95 bits per heavy atom. The average Bonchev–Trinajstić information content (AvgIpc) is 3.17. The highest BCUT2D eigenvalue weighted by Gasteiger charge is 2.28. The maximum atomic E-state index is 11.9. The third-order valence-electron chi connectivity index (χ3n) is 3.10. The van der Waals surface area contributed by atoms with Crippen LogP contribution in [0, 0.1) is 0 Å². The normalized spacial score (nSPS) is 14.0. The zero-order valence-electron chi connectivity index (χ0n) is 10.6. The Morgan fingerprint density at radius 1 is 1.25 bits per heavy atom. The Labute approximate surface area is 114 Å². The number of carbonyl (C=O) groups is 2. The molecule has 7 nitrogen and oxygen atoms in total. The number of nitrogens with one attached hydrogen (secondary N) is 2. The molecule has 1 aliphatic rings. The summed E-state index contributed by atoms with van der Waals surface area (Å²) in [7, 11) is 0. The Bertz CT molecular complexity index is 658. The number of hydrogen-bond acceptors (Lipinski definition) is 4. The summed E-state index contributed by atoms with van der Waals surface area (Å²) in [5.41, 5.74) is 6.08. The highest BCUT2D eigenvalue weighted by Crippen LogP contribution is 2.37. The first-order valence-corrected chi connectivity index (χ1v) is 6.27. The molecule has 2 amide bonds. The van der Waals surface area contributed by atoms with E-state index in [1.165, 1.54) is 0 Å². The van der Waals surface area contributed by atoms with Gasteiger partial charge in [-0.25, -0.2) is 4.98 Å². The van der Waals surface area contributed by atoms with Gasteiger partial charge in [0.1, 0.15) is 5.82 Å². The number of carbonyl (C=O) groups excluding carboxylic acids is 2. The molecule has 0 unspecified atom stereocenters. The Kier molecular flexibility index (Phi) is 2.94. The second-order valence-electron chi connectivity index (χ2n) is 4.71. The van der Waals surface area contributed by atoms with Crippen LogP contribution >= 0.6 is 0 Å². The van der Waals surface area contributed by atoms with E-state index in [-0.39, 0.29) is 11.7 Å². The molecule has 0 saturated heterocycles. The van der Waals surface area contributed by atoms with Crippen LogP contribution in [0.25, 0.3) is 0 Å². The highest BCUT2D eigenvalue weighted by molar-refractivity contribution is 6.02. The summed E-state index contributed by atoms with van der Waals surface area (Å²) >= 11 is 0. The Morgan fingerprint density at radius 3 is 2.55 bits per heavy atom. The van der Waals surface area contributed by atoms with Crippen LogP contribution in [0.15, 0.2) is 24.3 Å². The molecule has 1 heterocycles. The largest absolute Gasteiger partial charge is 0.366 e. The summed E-state index contributed by atoms with van der Waals surface area (Å²) in [6, 6.07) is 6.30. The van der Waals surface area contributed by atoms with E-state index in [1.807, 2.05) is 0 Å². The number of benzene rings is 1. The van der Waals surface area contributed by atoms with Crippen LogP contribution in [-0.4, -0.2) is 27.0 Å². The molecule has 0 bridgehead atoms. The number of aromatic nitrogens is 3. The molecule has 0 spiro atoms. The molecular weight excluding hydrogens is 258 g/mol. The smallest absolute Gasteiger partial charge is 0.295 e. The zero-order valence-corrected chi connectivity index (χ0v) is 10.6. The van der Waals surface area contributed by atoms with Crippen molar-refractivity contribution in [3.8, 4) is 0 Å². The molecule has 1 aromatic carbocycles. The van der Waals surface area contributed by atoms with Gasteiger partial charge in [-0.2, -0.15) is 0 Å². The molecule has 2 aromatic rings. The predicted molar refractivity (Wildman–Crippen MR) is 71.3 cm³/mol. The first-order valence-electron chi connectivity index (χ1n) is 6.27. The van der Waals surface area contributed by atoms with Crippen molar-refractivity contribution in [1.29, 1.82) is 0 Å². The molecule has 3 rings (SSSR count). The van der Waals surface area contributed by atoms with Crippen LogP contribution in [0.1, 0.15) is 45.6 Å². The van der Waals surface area contributed by atoms with Gasteiger partial charge >= 0.3 is 0 Å². The van der Waals surface area contributed by atoms with Gasteiger partial charge in [0.25, 0.3) is 5.91 Å². The summed E-state index contributed by atoms with van der Waals surface area (Å²) in [6.45, 7) is 0. The third-order valence-corrected chi connectivity index (χ3v) is 3.10. The van der Waals surface area contributed by atoms with Gasteiger partial charge in [0.05, 0.1) is 0 Å². The summed E-state index contributed by atoms with van der Waals surface area (Å²) in [5, 5.41) is 9.33. The van der Waals surface area contributed by atoms with E-state index in [0.29, 0.717) is 17.2 Å². The van der Waals surface area contributed by atoms with Crippen molar-refractivity contribution in [3.63, 3.8) is 0 Å². The standard InChI is InChI=1S/C13H13N5O2/c14-10(19)7-3-5-9(6-4-7)15-13(20)12-16-11(17-18-12)8-1-2-8/h3-6,8H,1-2H2,(H2,14,19)(H,15,20)(H,16,17,18). The summed E-state index contributed by atoms with van der Waals surface area (Å²) in [5.74, 6) is 0.398.